The maximum Gasteiger partial charge on any atom is 0.141 e. The number of nitrogens with zero attached hydrogens (tertiary/aromatic N) is 1. The molecule has 2 N–H and O–H groups in total. The molecule has 2 nitrogen and oxygen atoms in total. The van der Waals surface area contributed by atoms with E-state index in [1.54, 1.807) is 6.07 Å². The maximum absolute atomic E-state index is 12.5. The summed E-state index contributed by atoms with van der Waals surface area (Å²) in [5, 5.41) is 0. The van der Waals surface area contributed by atoms with Gasteiger partial charge in [-0.15, -0.1) is 0 Å². The van der Waals surface area contributed by atoms with E-state index >= 15 is 0 Å². The molecule has 66 valence electrons. The van der Waals surface area contributed by atoms with Crippen molar-refractivity contribution < 1.29 is 4.39 Å². The molecule has 0 aliphatic carbocycles. The molecule has 12 heavy (non-hydrogen) atoms. The standard InChI is InChI=1S/C9H13FN2/c1-6(7(2)11)9-4-3-8(10)5-12-9/h3-7H,11H2,1-2H3. The Kier molecular flexibility index (Phi) is 2.76. The van der Waals surface area contributed by atoms with Crippen molar-refractivity contribution in [1.82, 2.24) is 4.98 Å². The summed E-state index contributed by atoms with van der Waals surface area (Å²) in [6.07, 6.45) is 1.22. The monoisotopic (exact) mass is 168 g/mol. The first-order chi connectivity index (χ1) is 5.61. The first-order valence-corrected chi connectivity index (χ1v) is 3.98. The summed E-state index contributed by atoms with van der Waals surface area (Å²) in [6.45, 7) is 3.89. The van der Waals surface area contributed by atoms with Crippen LogP contribution in [0.5, 0.6) is 0 Å². The van der Waals surface area contributed by atoms with Crippen molar-refractivity contribution in [3.63, 3.8) is 0 Å². The molecule has 1 heterocycles. The molecule has 0 aliphatic rings. The largest absolute Gasteiger partial charge is 0.327 e. The highest BCUT2D eigenvalue weighted by atomic mass is 19.1. The highest BCUT2D eigenvalue weighted by Gasteiger charge is 2.10. The molecule has 1 rings (SSSR count). The first kappa shape index (κ1) is 9.13. The van der Waals surface area contributed by atoms with Crippen LogP contribution in [0.1, 0.15) is 25.5 Å². The van der Waals surface area contributed by atoms with E-state index in [4.69, 9.17) is 5.73 Å². The minimum Gasteiger partial charge on any atom is -0.327 e. The van der Waals surface area contributed by atoms with Gasteiger partial charge in [0, 0.05) is 17.7 Å². The van der Waals surface area contributed by atoms with Gasteiger partial charge >= 0.3 is 0 Å². The van der Waals surface area contributed by atoms with E-state index in [9.17, 15) is 4.39 Å². The average molecular weight is 168 g/mol. The van der Waals surface area contributed by atoms with E-state index in [1.165, 1.54) is 12.3 Å². The second-order valence-corrected chi connectivity index (χ2v) is 3.05. The van der Waals surface area contributed by atoms with Crippen LogP contribution in [-0.2, 0) is 0 Å². The molecular weight excluding hydrogens is 155 g/mol. The molecule has 0 aromatic carbocycles. The van der Waals surface area contributed by atoms with E-state index < -0.39 is 0 Å². The lowest BCUT2D eigenvalue weighted by Gasteiger charge is -2.14. The maximum atomic E-state index is 12.5. The van der Waals surface area contributed by atoms with Crippen molar-refractivity contribution in [1.29, 1.82) is 0 Å². The van der Waals surface area contributed by atoms with Crippen LogP contribution in [0.4, 0.5) is 4.39 Å². The van der Waals surface area contributed by atoms with Crippen molar-refractivity contribution in [3.8, 4) is 0 Å². The molecule has 3 heteroatoms. The third-order valence-electron chi connectivity index (χ3n) is 2.01. The number of nitrogens with two attached hydrogens (primary N) is 1. The second kappa shape index (κ2) is 3.63. The minimum absolute atomic E-state index is 0.0444. The number of aromatic nitrogens is 1. The van der Waals surface area contributed by atoms with Crippen molar-refractivity contribution in [2.75, 3.05) is 0 Å². The predicted molar refractivity (Wildman–Crippen MR) is 46.3 cm³/mol. The molecule has 1 aromatic heterocycles. The summed E-state index contributed by atoms with van der Waals surface area (Å²) < 4.78 is 12.5. The lowest BCUT2D eigenvalue weighted by molar-refractivity contribution is 0.584. The Hall–Kier alpha value is -0.960. The third-order valence-corrected chi connectivity index (χ3v) is 2.01. The highest BCUT2D eigenvalue weighted by molar-refractivity contribution is 5.11. The summed E-state index contributed by atoms with van der Waals surface area (Å²) in [4.78, 5) is 3.94. The van der Waals surface area contributed by atoms with Gasteiger partial charge in [0.05, 0.1) is 6.20 Å². The van der Waals surface area contributed by atoms with Crippen molar-refractivity contribution in [2.45, 2.75) is 25.8 Å². The van der Waals surface area contributed by atoms with Gasteiger partial charge in [-0.1, -0.05) is 6.92 Å². The molecule has 0 bridgehead atoms. The topological polar surface area (TPSA) is 38.9 Å². The van der Waals surface area contributed by atoms with E-state index in [1.807, 2.05) is 13.8 Å². The average Bonchev–Trinajstić information content (AvgIpc) is 2.04. The van der Waals surface area contributed by atoms with Crippen LogP contribution in [0.25, 0.3) is 0 Å². The Morgan fingerprint density at radius 3 is 2.50 bits per heavy atom. The molecule has 0 spiro atoms. The summed E-state index contributed by atoms with van der Waals surface area (Å²) >= 11 is 0. The van der Waals surface area contributed by atoms with Crippen molar-refractivity contribution in [2.24, 2.45) is 5.73 Å². The zero-order valence-corrected chi connectivity index (χ0v) is 7.29. The van der Waals surface area contributed by atoms with Gasteiger partial charge in [0.15, 0.2) is 0 Å². The van der Waals surface area contributed by atoms with Gasteiger partial charge in [0.1, 0.15) is 5.82 Å². The summed E-state index contributed by atoms with van der Waals surface area (Å²) in [6, 6.07) is 3.12. The number of hydrogen-bond donors (Lipinski definition) is 1. The smallest absolute Gasteiger partial charge is 0.141 e. The van der Waals surface area contributed by atoms with Crippen LogP contribution >= 0.6 is 0 Å². The van der Waals surface area contributed by atoms with Crippen LogP contribution in [0.3, 0.4) is 0 Å². The molecule has 1 aromatic rings. The number of hydrogen-bond acceptors (Lipinski definition) is 2. The molecule has 0 saturated heterocycles. The van der Waals surface area contributed by atoms with Gasteiger partial charge < -0.3 is 5.73 Å². The van der Waals surface area contributed by atoms with Gasteiger partial charge in [-0.2, -0.15) is 0 Å². The van der Waals surface area contributed by atoms with Crippen molar-refractivity contribution >= 4 is 0 Å². The van der Waals surface area contributed by atoms with Crippen LogP contribution < -0.4 is 5.73 Å². The number of halogens is 1. The normalized spacial score (nSPS) is 15.7. The molecule has 0 aliphatic heterocycles. The fourth-order valence-electron chi connectivity index (χ4n) is 0.926. The van der Waals surface area contributed by atoms with Gasteiger partial charge in [-0.05, 0) is 19.1 Å². The highest BCUT2D eigenvalue weighted by Crippen LogP contribution is 2.14. The van der Waals surface area contributed by atoms with Crippen LogP contribution in [0, 0.1) is 5.82 Å². The molecule has 0 amide bonds. The van der Waals surface area contributed by atoms with E-state index in [0.29, 0.717) is 0 Å². The molecular formula is C9H13FN2. The fourth-order valence-corrected chi connectivity index (χ4v) is 0.926. The van der Waals surface area contributed by atoms with E-state index in [0.717, 1.165) is 5.69 Å². The van der Waals surface area contributed by atoms with Crippen molar-refractivity contribution in [3.05, 3.63) is 29.8 Å². The van der Waals surface area contributed by atoms with Crippen LogP contribution in [-0.4, -0.2) is 11.0 Å². The van der Waals surface area contributed by atoms with Gasteiger partial charge in [-0.25, -0.2) is 4.39 Å². The number of pyridine rings is 1. The lowest BCUT2D eigenvalue weighted by Crippen LogP contribution is -2.23. The van der Waals surface area contributed by atoms with Gasteiger partial charge in [-0.3, -0.25) is 4.98 Å². The Morgan fingerprint density at radius 1 is 1.42 bits per heavy atom. The molecule has 2 atom stereocenters. The quantitative estimate of drug-likeness (QED) is 0.729. The second-order valence-electron chi connectivity index (χ2n) is 3.05. The molecule has 2 unspecified atom stereocenters. The zero-order chi connectivity index (χ0) is 9.14. The van der Waals surface area contributed by atoms with E-state index in [-0.39, 0.29) is 17.8 Å². The van der Waals surface area contributed by atoms with Gasteiger partial charge in [0.2, 0.25) is 0 Å². The van der Waals surface area contributed by atoms with Crippen LogP contribution in [0.2, 0.25) is 0 Å². The Morgan fingerprint density at radius 2 is 2.08 bits per heavy atom. The zero-order valence-electron chi connectivity index (χ0n) is 7.29. The fraction of sp³-hybridized carbons (Fsp3) is 0.444. The Balaban J connectivity index is 2.82. The van der Waals surface area contributed by atoms with E-state index in [2.05, 4.69) is 4.98 Å². The lowest BCUT2D eigenvalue weighted by atomic mass is 10.0. The summed E-state index contributed by atoms with van der Waals surface area (Å²) in [7, 11) is 0. The Labute approximate surface area is 71.6 Å². The van der Waals surface area contributed by atoms with Crippen LogP contribution in [0.15, 0.2) is 18.3 Å². The summed E-state index contributed by atoms with van der Waals surface area (Å²) in [5.41, 5.74) is 6.51. The minimum atomic E-state index is -0.310. The predicted octanol–water partition coefficient (Wildman–Crippen LogP) is 1.67. The first-order valence-electron chi connectivity index (χ1n) is 3.98. The molecule has 0 radical (unpaired) electrons. The summed E-state index contributed by atoms with van der Waals surface area (Å²) in [5.74, 6) is -0.138. The van der Waals surface area contributed by atoms with Gasteiger partial charge in [0.25, 0.3) is 0 Å². The Bertz CT molecular complexity index is 243. The molecule has 0 fully saturated rings. The number of rotatable bonds is 2. The molecule has 0 saturated carbocycles. The SMILES string of the molecule is CC(N)C(C)c1ccc(F)cn1. The third kappa shape index (κ3) is 2.01.